The summed E-state index contributed by atoms with van der Waals surface area (Å²) in [4.78, 5) is 12.9. The van der Waals surface area contributed by atoms with Crippen molar-refractivity contribution in [2.75, 3.05) is 15.9 Å². The Hall–Kier alpha value is -2.41. The van der Waals surface area contributed by atoms with E-state index in [1.165, 1.54) is 25.1 Å². The molecule has 2 aromatic carbocycles. The summed E-state index contributed by atoms with van der Waals surface area (Å²) >= 11 is 0. The van der Waals surface area contributed by atoms with E-state index in [2.05, 4.69) is 5.32 Å². The van der Waals surface area contributed by atoms with Crippen LogP contribution in [0.25, 0.3) is 0 Å². The summed E-state index contributed by atoms with van der Waals surface area (Å²) in [5.41, 5.74) is 2.33. The van der Waals surface area contributed by atoms with Gasteiger partial charge in [0.25, 0.3) is 0 Å². The number of aryl methyl sites for hydroxylation is 1. The van der Waals surface area contributed by atoms with Crippen molar-refractivity contribution >= 4 is 27.3 Å². The molecule has 0 saturated carbocycles. The molecule has 1 N–H and O–H groups in total. The molecule has 0 aromatic heterocycles. The van der Waals surface area contributed by atoms with Gasteiger partial charge in [-0.05, 0) is 43.0 Å². The molecule has 5 nitrogen and oxygen atoms in total. The van der Waals surface area contributed by atoms with Crippen molar-refractivity contribution in [2.45, 2.75) is 39.7 Å². The summed E-state index contributed by atoms with van der Waals surface area (Å²) in [7, 11) is -3.88. The van der Waals surface area contributed by atoms with Crippen LogP contribution in [-0.2, 0) is 14.8 Å². The second kappa shape index (κ2) is 8.08. The van der Waals surface area contributed by atoms with Gasteiger partial charge in [0.2, 0.25) is 15.9 Å². The highest BCUT2D eigenvalue weighted by Crippen LogP contribution is 2.29. The Morgan fingerprint density at radius 2 is 1.70 bits per heavy atom. The Morgan fingerprint density at radius 1 is 1.07 bits per heavy atom. The van der Waals surface area contributed by atoms with Crippen molar-refractivity contribution in [1.82, 2.24) is 0 Å². The maximum atomic E-state index is 14.2. The van der Waals surface area contributed by atoms with Gasteiger partial charge >= 0.3 is 0 Å². The van der Waals surface area contributed by atoms with Crippen LogP contribution < -0.4 is 9.62 Å². The molecule has 0 radical (unpaired) electrons. The quantitative estimate of drug-likeness (QED) is 0.806. The molecule has 0 aliphatic heterocycles. The Balaban J connectivity index is 2.42. The van der Waals surface area contributed by atoms with Gasteiger partial charge in [0.1, 0.15) is 11.9 Å². The average Bonchev–Trinajstić information content (AvgIpc) is 2.57. The van der Waals surface area contributed by atoms with Crippen molar-refractivity contribution in [3.05, 3.63) is 59.4 Å². The van der Waals surface area contributed by atoms with Crippen LogP contribution in [0.1, 0.15) is 37.8 Å². The molecule has 2 rings (SSSR count). The van der Waals surface area contributed by atoms with Crippen molar-refractivity contribution < 1.29 is 17.6 Å². The third-order valence-electron chi connectivity index (χ3n) is 4.35. The molecule has 0 heterocycles. The number of nitrogens with zero attached hydrogens (tertiary/aromatic N) is 1. The van der Waals surface area contributed by atoms with Crippen LogP contribution in [0.3, 0.4) is 0 Å². The summed E-state index contributed by atoms with van der Waals surface area (Å²) in [6.45, 7) is 7.33. The molecule has 1 unspecified atom stereocenters. The van der Waals surface area contributed by atoms with Crippen LogP contribution in [0.2, 0.25) is 0 Å². The molecule has 2 aromatic rings. The number of carbonyl (C=O) groups is 1. The van der Waals surface area contributed by atoms with Gasteiger partial charge in [-0.25, -0.2) is 12.8 Å². The van der Waals surface area contributed by atoms with E-state index in [-0.39, 0.29) is 11.6 Å². The molecule has 0 saturated heterocycles. The number of hydrogen-bond acceptors (Lipinski definition) is 3. The minimum Gasteiger partial charge on any atom is -0.324 e. The van der Waals surface area contributed by atoms with Gasteiger partial charge in [0.05, 0.1) is 11.9 Å². The fourth-order valence-electron chi connectivity index (χ4n) is 2.98. The van der Waals surface area contributed by atoms with Gasteiger partial charge < -0.3 is 5.32 Å². The minimum atomic E-state index is -3.88. The fraction of sp³-hybridized carbons (Fsp3) is 0.350. The number of anilines is 2. The van der Waals surface area contributed by atoms with E-state index >= 15 is 0 Å². The number of rotatable bonds is 6. The van der Waals surface area contributed by atoms with Gasteiger partial charge in [-0.15, -0.1) is 0 Å². The molecule has 1 atom stereocenters. The lowest BCUT2D eigenvalue weighted by atomic mass is 9.98. The first-order chi connectivity index (χ1) is 12.5. The highest BCUT2D eigenvalue weighted by atomic mass is 32.2. The van der Waals surface area contributed by atoms with E-state index < -0.39 is 27.8 Å². The van der Waals surface area contributed by atoms with Crippen LogP contribution in [0, 0.1) is 12.7 Å². The lowest BCUT2D eigenvalue weighted by Crippen LogP contribution is -2.46. The van der Waals surface area contributed by atoms with Crippen molar-refractivity contribution in [1.29, 1.82) is 0 Å². The number of hydrogen-bond donors (Lipinski definition) is 1. The fourth-order valence-corrected chi connectivity index (χ4v) is 4.16. The van der Waals surface area contributed by atoms with Crippen LogP contribution >= 0.6 is 0 Å². The van der Waals surface area contributed by atoms with Crippen molar-refractivity contribution in [3.63, 3.8) is 0 Å². The molecular formula is C20H25FN2O3S. The highest BCUT2D eigenvalue weighted by Gasteiger charge is 2.31. The molecule has 0 spiro atoms. The Morgan fingerprint density at radius 3 is 2.26 bits per heavy atom. The minimum absolute atomic E-state index is 0.156. The summed E-state index contributed by atoms with van der Waals surface area (Å²) in [6, 6.07) is 10.1. The zero-order chi connectivity index (χ0) is 20.4. The van der Waals surface area contributed by atoms with E-state index in [1.54, 1.807) is 0 Å². The van der Waals surface area contributed by atoms with Gasteiger partial charge in [0.15, 0.2) is 0 Å². The predicted octanol–water partition coefficient (Wildman–Crippen LogP) is 4.05. The predicted molar refractivity (Wildman–Crippen MR) is 107 cm³/mol. The zero-order valence-electron chi connectivity index (χ0n) is 16.2. The SMILES string of the molecule is Cc1cccc(C(C)C)c1NC(=O)C(C)N(c1ccccc1F)S(C)(=O)=O. The van der Waals surface area contributed by atoms with E-state index in [0.29, 0.717) is 5.69 Å². The number of benzene rings is 2. The highest BCUT2D eigenvalue weighted by molar-refractivity contribution is 7.92. The van der Waals surface area contributed by atoms with Crippen LogP contribution in [0.4, 0.5) is 15.8 Å². The first kappa shape index (κ1) is 20.9. The van der Waals surface area contributed by atoms with Crippen LogP contribution in [0.15, 0.2) is 42.5 Å². The number of halogens is 1. The maximum Gasteiger partial charge on any atom is 0.248 e. The molecule has 146 valence electrons. The van der Waals surface area contributed by atoms with Crippen molar-refractivity contribution in [2.24, 2.45) is 0 Å². The molecule has 0 fully saturated rings. The molecule has 0 bridgehead atoms. The van der Waals surface area contributed by atoms with Crippen molar-refractivity contribution in [3.8, 4) is 0 Å². The van der Waals surface area contributed by atoms with Gasteiger partial charge in [-0.3, -0.25) is 9.10 Å². The summed E-state index contributed by atoms with van der Waals surface area (Å²) in [5, 5.41) is 2.83. The standard InChI is InChI=1S/C20H25FN2O3S/c1-13(2)16-10-8-9-14(3)19(16)22-20(24)15(4)23(27(5,25)26)18-12-7-6-11-17(18)21/h6-13,15H,1-5H3,(H,22,24). The summed E-state index contributed by atoms with van der Waals surface area (Å²) in [6.07, 6.45) is 0.955. The molecule has 0 aliphatic carbocycles. The molecule has 27 heavy (non-hydrogen) atoms. The first-order valence-corrected chi connectivity index (χ1v) is 10.5. The third kappa shape index (κ3) is 4.66. The maximum absolute atomic E-state index is 14.2. The number of nitrogens with one attached hydrogen (secondary N) is 1. The third-order valence-corrected chi connectivity index (χ3v) is 5.58. The number of para-hydroxylation sites is 2. The van der Waals surface area contributed by atoms with E-state index in [9.17, 15) is 17.6 Å². The monoisotopic (exact) mass is 392 g/mol. The molecule has 7 heteroatoms. The second-order valence-electron chi connectivity index (χ2n) is 6.87. The largest absolute Gasteiger partial charge is 0.324 e. The van der Waals surface area contributed by atoms with Crippen LogP contribution in [-0.4, -0.2) is 26.6 Å². The topological polar surface area (TPSA) is 66.5 Å². The Bertz CT molecular complexity index is 942. The molecule has 0 aliphatic rings. The van der Waals surface area contributed by atoms with Gasteiger partial charge in [-0.2, -0.15) is 0 Å². The Kier molecular flexibility index (Phi) is 6.26. The summed E-state index contributed by atoms with van der Waals surface area (Å²) in [5.74, 6) is -1.06. The van der Waals surface area contributed by atoms with E-state index in [0.717, 1.165) is 27.8 Å². The Labute approximate surface area is 160 Å². The number of carbonyl (C=O) groups excluding carboxylic acids is 1. The molecule has 1 amide bonds. The second-order valence-corrected chi connectivity index (χ2v) is 8.73. The van der Waals surface area contributed by atoms with Gasteiger partial charge in [0, 0.05) is 5.69 Å². The number of amides is 1. The molecular weight excluding hydrogens is 367 g/mol. The zero-order valence-corrected chi connectivity index (χ0v) is 17.0. The number of sulfonamides is 1. The summed E-state index contributed by atoms with van der Waals surface area (Å²) < 4.78 is 39.6. The van der Waals surface area contributed by atoms with E-state index in [4.69, 9.17) is 0 Å². The lowest BCUT2D eigenvalue weighted by molar-refractivity contribution is -0.116. The smallest absolute Gasteiger partial charge is 0.248 e. The van der Waals surface area contributed by atoms with Crippen LogP contribution in [0.5, 0.6) is 0 Å². The van der Waals surface area contributed by atoms with Gasteiger partial charge in [-0.1, -0.05) is 44.2 Å². The lowest BCUT2D eigenvalue weighted by Gasteiger charge is -2.29. The van der Waals surface area contributed by atoms with E-state index in [1.807, 2.05) is 39.0 Å². The average molecular weight is 392 g/mol. The normalized spacial score (nSPS) is 12.7. The first-order valence-electron chi connectivity index (χ1n) is 8.68.